The minimum Gasteiger partial charge on any atom is -0.481 e. The molecular formula is C17H19N3O4. The zero-order valence-electron chi connectivity index (χ0n) is 12.9. The van der Waals surface area contributed by atoms with Crippen molar-refractivity contribution in [2.45, 2.75) is 24.9 Å². The van der Waals surface area contributed by atoms with E-state index in [1.54, 1.807) is 0 Å². The van der Waals surface area contributed by atoms with Crippen molar-refractivity contribution < 1.29 is 19.5 Å². The van der Waals surface area contributed by atoms with E-state index in [4.69, 9.17) is 16.6 Å². The van der Waals surface area contributed by atoms with Crippen LogP contribution >= 0.6 is 0 Å². The van der Waals surface area contributed by atoms with E-state index in [0.29, 0.717) is 0 Å². The van der Waals surface area contributed by atoms with Gasteiger partial charge in [-0.3, -0.25) is 14.4 Å². The number of aliphatic carboxylic acids is 1. The first-order chi connectivity index (χ1) is 11.4. The van der Waals surface area contributed by atoms with Crippen LogP contribution in [0.1, 0.15) is 12.0 Å². The number of fused-ring (bicyclic) bond motifs is 1. The molecule has 0 spiro atoms. The van der Waals surface area contributed by atoms with E-state index in [9.17, 15) is 14.4 Å². The van der Waals surface area contributed by atoms with Gasteiger partial charge in [0.15, 0.2) is 0 Å². The van der Waals surface area contributed by atoms with Gasteiger partial charge in [0.05, 0.1) is 12.5 Å². The number of amides is 2. The van der Waals surface area contributed by atoms with E-state index < -0.39 is 36.3 Å². The van der Waals surface area contributed by atoms with E-state index in [2.05, 4.69) is 5.32 Å². The van der Waals surface area contributed by atoms with Gasteiger partial charge in [-0.15, -0.1) is 0 Å². The van der Waals surface area contributed by atoms with Crippen LogP contribution < -0.4 is 16.8 Å². The number of primary amides is 1. The molecule has 6 N–H and O–H groups in total. The molecule has 0 fully saturated rings. The zero-order valence-corrected chi connectivity index (χ0v) is 12.9. The smallest absolute Gasteiger partial charge is 0.305 e. The quantitative estimate of drug-likeness (QED) is 0.573. The lowest BCUT2D eigenvalue weighted by atomic mass is 10.0. The number of nitrogens with one attached hydrogen (secondary N) is 1. The molecule has 2 aromatic carbocycles. The van der Waals surface area contributed by atoms with E-state index in [1.165, 1.54) is 0 Å². The fourth-order valence-electron chi connectivity index (χ4n) is 2.38. The maximum Gasteiger partial charge on any atom is 0.305 e. The highest BCUT2D eigenvalue weighted by molar-refractivity contribution is 5.91. The maximum atomic E-state index is 11.9. The summed E-state index contributed by atoms with van der Waals surface area (Å²) in [6.45, 7) is 0. The van der Waals surface area contributed by atoms with Gasteiger partial charge in [0, 0.05) is 6.42 Å². The number of carboxylic acids is 1. The van der Waals surface area contributed by atoms with Crippen LogP contribution in [0, 0.1) is 0 Å². The van der Waals surface area contributed by atoms with Crippen LogP contribution in [-0.4, -0.2) is 35.0 Å². The molecule has 24 heavy (non-hydrogen) atoms. The van der Waals surface area contributed by atoms with Crippen molar-refractivity contribution in [1.82, 2.24) is 5.32 Å². The Balaban J connectivity index is 2.11. The third-order valence-corrected chi connectivity index (χ3v) is 3.64. The summed E-state index contributed by atoms with van der Waals surface area (Å²) < 4.78 is 0. The second kappa shape index (κ2) is 7.56. The van der Waals surface area contributed by atoms with Crippen LogP contribution in [0.3, 0.4) is 0 Å². The molecule has 126 valence electrons. The standard InChI is InChI=1S/C17H19N3O4/c18-13(9-15(21)22)17(24)20-14(16(19)23)8-10-5-6-11-3-1-2-4-12(11)7-10/h1-7,13-14H,8-9,18H2,(H2,19,23)(H,20,24)(H,21,22)/t13-,14-/m0/s1. The molecule has 7 nitrogen and oxygen atoms in total. The SMILES string of the molecule is NC(=O)[C@H](Cc1ccc2ccccc2c1)NC(=O)[C@@H](N)CC(=O)O. The molecule has 0 saturated heterocycles. The molecule has 0 aliphatic rings. The average molecular weight is 329 g/mol. The topological polar surface area (TPSA) is 136 Å². The summed E-state index contributed by atoms with van der Waals surface area (Å²) in [5.74, 6) is -2.62. The van der Waals surface area contributed by atoms with Crippen molar-refractivity contribution in [3.63, 3.8) is 0 Å². The molecule has 2 amide bonds. The average Bonchev–Trinajstić information content (AvgIpc) is 2.53. The van der Waals surface area contributed by atoms with Gasteiger partial charge in [0.2, 0.25) is 11.8 Å². The van der Waals surface area contributed by atoms with Crippen LogP contribution in [0.25, 0.3) is 10.8 Å². The van der Waals surface area contributed by atoms with Crippen molar-refractivity contribution in [2.75, 3.05) is 0 Å². The fourth-order valence-corrected chi connectivity index (χ4v) is 2.38. The molecule has 0 heterocycles. The summed E-state index contributed by atoms with van der Waals surface area (Å²) in [7, 11) is 0. The molecule has 0 saturated carbocycles. The second-order valence-electron chi connectivity index (χ2n) is 5.55. The fraction of sp³-hybridized carbons (Fsp3) is 0.235. The molecular weight excluding hydrogens is 310 g/mol. The number of benzene rings is 2. The largest absolute Gasteiger partial charge is 0.481 e. The number of carbonyl (C=O) groups excluding carboxylic acids is 2. The van der Waals surface area contributed by atoms with Gasteiger partial charge in [-0.25, -0.2) is 0 Å². The van der Waals surface area contributed by atoms with Gasteiger partial charge in [-0.1, -0.05) is 42.5 Å². The van der Waals surface area contributed by atoms with Gasteiger partial charge in [0.25, 0.3) is 0 Å². The summed E-state index contributed by atoms with van der Waals surface area (Å²) >= 11 is 0. The molecule has 0 unspecified atom stereocenters. The maximum absolute atomic E-state index is 11.9. The number of nitrogens with two attached hydrogens (primary N) is 2. The Hall–Kier alpha value is -2.93. The summed E-state index contributed by atoms with van der Waals surface area (Å²) in [6.07, 6.45) is -0.320. The third-order valence-electron chi connectivity index (χ3n) is 3.64. The van der Waals surface area contributed by atoms with Crippen LogP contribution in [0.5, 0.6) is 0 Å². The van der Waals surface area contributed by atoms with Gasteiger partial charge < -0.3 is 21.9 Å². The first kappa shape index (κ1) is 17.4. The van der Waals surface area contributed by atoms with Gasteiger partial charge in [-0.2, -0.15) is 0 Å². The predicted molar refractivity (Wildman–Crippen MR) is 89.0 cm³/mol. The Morgan fingerprint density at radius 2 is 1.75 bits per heavy atom. The molecule has 0 aliphatic carbocycles. The van der Waals surface area contributed by atoms with Crippen molar-refractivity contribution in [3.05, 3.63) is 48.0 Å². The molecule has 2 rings (SSSR count). The first-order valence-electron chi connectivity index (χ1n) is 7.41. The Bertz CT molecular complexity index is 775. The number of rotatable bonds is 7. The number of carboxylic acid groups (broad SMARTS) is 1. The highest BCUT2D eigenvalue weighted by atomic mass is 16.4. The lowest BCUT2D eigenvalue weighted by molar-refractivity contribution is -0.139. The van der Waals surface area contributed by atoms with E-state index in [-0.39, 0.29) is 6.42 Å². The Morgan fingerprint density at radius 3 is 2.38 bits per heavy atom. The summed E-state index contributed by atoms with van der Waals surface area (Å²) in [6, 6.07) is 11.2. The van der Waals surface area contributed by atoms with Crippen LogP contribution in [0.4, 0.5) is 0 Å². The van der Waals surface area contributed by atoms with Crippen LogP contribution in [-0.2, 0) is 20.8 Å². The van der Waals surface area contributed by atoms with Crippen LogP contribution in [0.15, 0.2) is 42.5 Å². The molecule has 2 aromatic rings. The molecule has 7 heteroatoms. The summed E-state index contributed by atoms with van der Waals surface area (Å²) in [5, 5.41) is 13.1. The number of hydrogen-bond donors (Lipinski definition) is 4. The predicted octanol–water partition coefficient (Wildman–Crippen LogP) is 0.154. The Kier molecular flexibility index (Phi) is 5.49. The first-order valence-corrected chi connectivity index (χ1v) is 7.41. The zero-order chi connectivity index (χ0) is 17.7. The lowest BCUT2D eigenvalue weighted by Gasteiger charge is -2.18. The second-order valence-corrected chi connectivity index (χ2v) is 5.55. The summed E-state index contributed by atoms with van der Waals surface area (Å²) in [4.78, 5) is 34.1. The van der Waals surface area contributed by atoms with Crippen molar-refractivity contribution in [1.29, 1.82) is 0 Å². The van der Waals surface area contributed by atoms with Crippen molar-refractivity contribution in [3.8, 4) is 0 Å². The summed E-state index contributed by atoms with van der Waals surface area (Å²) in [5.41, 5.74) is 11.6. The van der Waals surface area contributed by atoms with E-state index >= 15 is 0 Å². The highest BCUT2D eigenvalue weighted by Gasteiger charge is 2.23. The monoisotopic (exact) mass is 329 g/mol. The Labute approximate surface area is 138 Å². The normalized spacial score (nSPS) is 13.2. The molecule has 0 aliphatic heterocycles. The third kappa shape index (κ3) is 4.53. The van der Waals surface area contributed by atoms with Crippen LogP contribution in [0.2, 0.25) is 0 Å². The van der Waals surface area contributed by atoms with E-state index in [1.807, 2.05) is 42.5 Å². The number of carbonyl (C=O) groups is 3. The minimum atomic E-state index is -1.24. The van der Waals surface area contributed by atoms with E-state index in [0.717, 1.165) is 16.3 Å². The Morgan fingerprint density at radius 1 is 1.08 bits per heavy atom. The van der Waals surface area contributed by atoms with Gasteiger partial charge >= 0.3 is 5.97 Å². The minimum absolute atomic E-state index is 0.200. The number of hydrogen-bond acceptors (Lipinski definition) is 4. The molecule has 0 radical (unpaired) electrons. The molecule has 2 atom stereocenters. The molecule has 0 aromatic heterocycles. The van der Waals surface area contributed by atoms with Crippen molar-refractivity contribution in [2.24, 2.45) is 11.5 Å². The lowest BCUT2D eigenvalue weighted by Crippen LogP contribution is -2.51. The van der Waals surface area contributed by atoms with Gasteiger partial charge in [0.1, 0.15) is 6.04 Å². The molecule has 0 bridgehead atoms. The van der Waals surface area contributed by atoms with Gasteiger partial charge in [-0.05, 0) is 16.3 Å². The highest BCUT2D eigenvalue weighted by Crippen LogP contribution is 2.16. The van der Waals surface area contributed by atoms with Crippen molar-refractivity contribution >= 4 is 28.6 Å².